The van der Waals surface area contributed by atoms with Gasteiger partial charge in [-0.1, -0.05) is 22.0 Å². The zero-order valence-electron chi connectivity index (χ0n) is 10.5. The van der Waals surface area contributed by atoms with Crippen LogP contribution in [0, 0.1) is 0 Å². The summed E-state index contributed by atoms with van der Waals surface area (Å²) in [6.45, 7) is 2.82. The van der Waals surface area contributed by atoms with Crippen molar-refractivity contribution in [2.75, 3.05) is 19.8 Å². The van der Waals surface area contributed by atoms with Crippen LogP contribution in [0.4, 0.5) is 0 Å². The van der Waals surface area contributed by atoms with Crippen LogP contribution in [0.2, 0.25) is 0 Å². The number of benzene rings is 1. The van der Waals surface area contributed by atoms with E-state index in [0.29, 0.717) is 13.0 Å². The number of halogens is 1. The standard InChI is InChI=1S/C13H20BrNO3/c1-10(5-6-16)15-8-12(17)9-18-13-4-2-3-11(14)7-13/h2-4,7,10,12,15-17H,5-6,8-9H2,1H3. The lowest BCUT2D eigenvalue weighted by molar-refractivity contribution is 0.103. The smallest absolute Gasteiger partial charge is 0.120 e. The molecule has 0 bridgehead atoms. The van der Waals surface area contributed by atoms with Crippen LogP contribution in [-0.2, 0) is 0 Å². The lowest BCUT2D eigenvalue weighted by atomic mass is 10.2. The summed E-state index contributed by atoms with van der Waals surface area (Å²) in [6, 6.07) is 7.69. The highest BCUT2D eigenvalue weighted by Gasteiger charge is 2.07. The van der Waals surface area contributed by atoms with E-state index in [9.17, 15) is 5.11 Å². The fourth-order valence-corrected chi connectivity index (χ4v) is 1.82. The molecule has 2 unspecified atom stereocenters. The minimum atomic E-state index is -0.565. The number of aliphatic hydroxyl groups excluding tert-OH is 2. The first-order valence-corrected chi connectivity index (χ1v) is 6.81. The van der Waals surface area contributed by atoms with Gasteiger partial charge >= 0.3 is 0 Å². The van der Waals surface area contributed by atoms with Gasteiger partial charge in [0.15, 0.2) is 0 Å². The maximum atomic E-state index is 9.74. The summed E-state index contributed by atoms with van der Waals surface area (Å²) >= 11 is 3.36. The van der Waals surface area contributed by atoms with Gasteiger partial charge in [-0.2, -0.15) is 0 Å². The van der Waals surface area contributed by atoms with E-state index in [-0.39, 0.29) is 19.3 Å². The highest BCUT2D eigenvalue weighted by Crippen LogP contribution is 2.17. The van der Waals surface area contributed by atoms with Crippen molar-refractivity contribution in [2.24, 2.45) is 0 Å². The Hall–Kier alpha value is -0.620. The van der Waals surface area contributed by atoms with E-state index in [1.54, 1.807) is 0 Å². The third-order valence-corrected chi connectivity index (χ3v) is 3.00. The first-order chi connectivity index (χ1) is 8.61. The van der Waals surface area contributed by atoms with Crippen molar-refractivity contribution in [3.63, 3.8) is 0 Å². The predicted molar refractivity (Wildman–Crippen MR) is 74.8 cm³/mol. The third-order valence-electron chi connectivity index (χ3n) is 2.50. The van der Waals surface area contributed by atoms with Crippen molar-refractivity contribution in [3.8, 4) is 5.75 Å². The van der Waals surface area contributed by atoms with Gasteiger partial charge in [0.05, 0.1) is 0 Å². The summed E-state index contributed by atoms with van der Waals surface area (Å²) in [5, 5.41) is 21.6. The summed E-state index contributed by atoms with van der Waals surface area (Å²) < 4.78 is 6.42. The molecule has 1 rings (SSSR count). The fraction of sp³-hybridized carbons (Fsp3) is 0.538. The topological polar surface area (TPSA) is 61.7 Å². The van der Waals surface area contributed by atoms with Gasteiger partial charge in [-0.15, -0.1) is 0 Å². The monoisotopic (exact) mass is 317 g/mol. The molecule has 102 valence electrons. The van der Waals surface area contributed by atoms with Crippen molar-refractivity contribution < 1.29 is 14.9 Å². The highest BCUT2D eigenvalue weighted by molar-refractivity contribution is 9.10. The fourth-order valence-electron chi connectivity index (χ4n) is 1.44. The quantitative estimate of drug-likeness (QED) is 0.681. The number of nitrogens with one attached hydrogen (secondary N) is 1. The molecule has 0 radical (unpaired) electrons. The van der Waals surface area contributed by atoms with E-state index in [2.05, 4.69) is 21.2 Å². The van der Waals surface area contributed by atoms with E-state index in [4.69, 9.17) is 9.84 Å². The van der Waals surface area contributed by atoms with Crippen LogP contribution < -0.4 is 10.1 Å². The van der Waals surface area contributed by atoms with Crippen LogP contribution in [0.1, 0.15) is 13.3 Å². The molecule has 5 heteroatoms. The second-order valence-corrected chi connectivity index (χ2v) is 5.16. The van der Waals surface area contributed by atoms with E-state index >= 15 is 0 Å². The van der Waals surface area contributed by atoms with Gasteiger partial charge in [-0.3, -0.25) is 0 Å². The second kappa shape index (κ2) is 8.48. The zero-order valence-corrected chi connectivity index (χ0v) is 12.1. The molecule has 3 N–H and O–H groups in total. The van der Waals surface area contributed by atoms with E-state index in [0.717, 1.165) is 10.2 Å². The first-order valence-electron chi connectivity index (χ1n) is 6.02. The van der Waals surface area contributed by atoms with E-state index < -0.39 is 6.10 Å². The molecule has 0 amide bonds. The number of rotatable bonds is 8. The normalized spacial score (nSPS) is 14.2. The molecule has 0 spiro atoms. The number of aliphatic hydroxyl groups is 2. The van der Waals surface area contributed by atoms with Crippen molar-refractivity contribution in [2.45, 2.75) is 25.5 Å². The molecular formula is C13H20BrNO3. The Morgan fingerprint density at radius 2 is 2.22 bits per heavy atom. The molecule has 0 aliphatic rings. The Morgan fingerprint density at radius 1 is 1.44 bits per heavy atom. The van der Waals surface area contributed by atoms with Crippen LogP contribution in [0.3, 0.4) is 0 Å². The summed E-state index contributed by atoms with van der Waals surface area (Å²) in [5.74, 6) is 0.729. The number of hydrogen-bond donors (Lipinski definition) is 3. The molecule has 1 aromatic rings. The lowest BCUT2D eigenvalue weighted by Crippen LogP contribution is -2.37. The van der Waals surface area contributed by atoms with Crippen LogP contribution in [-0.4, -0.2) is 42.1 Å². The SMILES string of the molecule is CC(CCO)NCC(O)COc1cccc(Br)c1. The summed E-state index contributed by atoms with van der Waals surface area (Å²) in [4.78, 5) is 0. The van der Waals surface area contributed by atoms with Crippen molar-refractivity contribution in [3.05, 3.63) is 28.7 Å². The molecule has 0 heterocycles. The lowest BCUT2D eigenvalue weighted by Gasteiger charge is -2.17. The molecule has 0 fully saturated rings. The van der Waals surface area contributed by atoms with Gasteiger partial charge in [0.25, 0.3) is 0 Å². The molecule has 0 aliphatic heterocycles. The molecule has 0 saturated carbocycles. The van der Waals surface area contributed by atoms with Gasteiger partial charge in [0, 0.05) is 23.7 Å². The Balaban J connectivity index is 2.22. The number of hydrogen-bond acceptors (Lipinski definition) is 4. The van der Waals surface area contributed by atoms with Gasteiger partial charge in [-0.05, 0) is 31.5 Å². The van der Waals surface area contributed by atoms with Crippen molar-refractivity contribution >= 4 is 15.9 Å². The maximum Gasteiger partial charge on any atom is 0.120 e. The Labute approximate surface area is 116 Å². The molecule has 0 saturated heterocycles. The summed E-state index contributed by atoms with van der Waals surface area (Å²) in [5.41, 5.74) is 0. The molecular weight excluding hydrogens is 298 g/mol. The second-order valence-electron chi connectivity index (χ2n) is 4.24. The van der Waals surface area contributed by atoms with Crippen LogP contribution in [0.5, 0.6) is 5.75 Å². The molecule has 1 aromatic carbocycles. The largest absolute Gasteiger partial charge is 0.491 e. The van der Waals surface area contributed by atoms with Gasteiger partial charge < -0.3 is 20.3 Å². The first kappa shape index (κ1) is 15.4. The van der Waals surface area contributed by atoms with Crippen LogP contribution >= 0.6 is 15.9 Å². The predicted octanol–water partition coefficient (Wildman–Crippen LogP) is 1.55. The maximum absolute atomic E-state index is 9.74. The highest BCUT2D eigenvalue weighted by atomic mass is 79.9. The zero-order chi connectivity index (χ0) is 13.4. The summed E-state index contributed by atoms with van der Waals surface area (Å²) in [6.07, 6.45) is 0.115. The number of ether oxygens (including phenoxy) is 1. The average Bonchev–Trinajstić information content (AvgIpc) is 2.34. The van der Waals surface area contributed by atoms with E-state index in [1.165, 1.54) is 0 Å². The minimum Gasteiger partial charge on any atom is -0.491 e. The molecule has 4 nitrogen and oxygen atoms in total. The van der Waals surface area contributed by atoms with Crippen LogP contribution in [0.25, 0.3) is 0 Å². The Morgan fingerprint density at radius 3 is 2.89 bits per heavy atom. The molecule has 0 aliphatic carbocycles. The van der Waals surface area contributed by atoms with Gasteiger partial charge in [0.2, 0.25) is 0 Å². The Bertz CT molecular complexity index is 349. The average molecular weight is 318 g/mol. The van der Waals surface area contributed by atoms with Gasteiger partial charge in [-0.25, -0.2) is 0 Å². The van der Waals surface area contributed by atoms with Crippen molar-refractivity contribution in [1.29, 1.82) is 0 Å². The minimum absolute atomic E-state index is 0.152. The molecule has 2 atom stereocenters. The molecule has 0 aromatic heterocycles. The summed E-state index contributed by atoms with van der Waals surface area (Å²) in [7, 11) is 0. The van der Waals surface area contributed by atoms with Crippen LogP contribution in [0.15, 0.2) is 28.7 Å². The third kappa shape index (κ3) is 6.35. The molecule has 18 heavy (non-hydrogen) atoms. The van der Waals surface area contributed by atoms with Gasteiger partial charge in [0.1, 0.15) is 18.5 Å². The van der Waals surface area contributed by atoms with Crippen molar-refractivity contribution in [1.82, 2.24) is 5.32 Å². The Kier molecular flexibility index (Phi) is 7.27. The van der Waals surface area contributed by atoms with E-state index in [1.807, 2.05) is 31.2 Å².